The van der Waals surface area contributed by atoms with E-state index >= 15 is 0 Å². The quantitative estimate of drug-likeness (QED) is 0.685. The highest BCUT2D eigenvalue weighted by Gasteiger charge is 2.23. The van der Waals surface area contributed by atoms with Gasteiger partial charge in [-0.25, -0.2) is 14.3 Å². The van der Waals surface area contributed by atoms with Gasteiger partial charge in [0.25, 0.3) is 17.5 Å². The van der Waals surface area contributed by atoms with Gasteiger partial charge in [-0.2, -0.15) is 4.98 Å². The van der Waals surface area contributed by atoms with Crippen LogP contribution in [0.4, 0.5) is 5.69 Å². The maximum atomic E-state index is 12.3. The van der Waals surface area contributed by atoms with Crippen LogP contribution in [0.2, 0.25) is 0 Å². The predicted molar refractivity (Wildman–Crippen MR) is 96.8 cm³/mol. The summed E-state index contributed by atoms with van der Waals surface area (Å²) >= 11 is 0. The predicted octanol–water partition coefficient (Wildman–Crippen LogP) is 1.93. The van der Waals surface area contributed by atoms with Crippen molar-refractivity contribution in [3.8, 4) is 5.75 Å². The molecule has 2 heterocycles. The Morgan fingerprint density at radius 1 is 1.19 bits per heavy atom. The van der Waals surface area contributed by atoms with Gasteiger partial charge in [-0.1, -0.05) is 6.07 Å². The van der Waals surface area contributed by atoms with E-state index in [1.165, 1.54) is 18.5 Å². The lowest BCUT2D eigenvalue weighted by Crippen LogP contribution is -2.30. The highest BCUT2D eigenvalue weighted by atomic mass is 16.5. The van der Waals surface area contributed by atoms with E-state index in [1.807, 2.05) is 19.9 Å². The molecule has 0 fully saturated rings. The molecule has 1 atom stereocenters. The number of fused-ring (bicyclic) bond motifs is 1. The monoisotopic (exact) mass is 369 g/mol. The Morgan fingerprint density at radius 3 is 2.70 bits per heavy atom. The van der Waals surface area contributed by atoms with Gasteiger partial charge in [0, 0.05) is 23.1 Å². The first-order valence-corrected chi connectivity index (χ1v) is 8.24. The van der Waals surface area contributed by atoms with E-state index in [0.29, 0.717) is 17.2 Å². The van der Waals surface area contributed by atoms with Crippen LogP contribution in [0, 0.1) is 13.8 Å². The molecule has 9 heteroatoms. The molecule has 0 unspecified atom stereocenters. The topological polar surface area (TPSA) is 108 Å². The maximum Gasteiger partial charge on any atom is 0.379 e. The number of esters is 1. The van der Waals surface area contributed by atoms with Crippen LogP contribution >= 0.6 is 0 Å². The van der Waals surface area contributed by atoms with Gasteiger partial charge in [0.1, 0.15) is 5.75 Å². The average molecular weight is 369 g/mol. The Labute approximate surface area is 155 Å². The Kier molecular flexibility index (Phi) is 5.02. The summed E-state index contributed by atoms with van der Waals surface area (Å²) in [5, 5.41) is 6.75. The third kappa shape index (κ3) is 4.02. The number of nitrogens with one attached hydrogen (secondary N) is 1. The molecule has 27 heavy (non-hydrogen) atoms. The van der Waals surface area contributed by atoms with E-state index in [2.05, 4.69) is 20.4 Å². The summed E-state index contributed by atoms with van der Waals surface area (Å²) in [6.45, 7) is 5.12. The number of carbonyl (C=O) groups is 2. The second-order valence-electron chi connectivity index (χ2n) is 5.95. The van der Waals surface area contributed by atoms with Crippen LogP contribution in [0.15, 0.2) is 30.3 Å². The molecule has 3 rings (SSSR count). The molecule has 3 aromatic rings. The Morgan fingerprint density at radius 2 is 1.96 bits per heavy atom. The molecule has 0 aliphatic carbocycles. The van der Waals surface area contributed by atoms with E-state index in [-0.39, 0.29) is 5.82 Å². The van der Waals surface area contributed by atoms with Gasteiger partial charge in [0.15, 0.2) is 6.10 Å². The van der Waals surface area contributed by atoms with Gasteiger partial charge in [0.05, 0.1) is 7.11 Å². The van der Waals surface area contributed by atoms with Crippen molar-refractivity contribution in [1.82, 2.24) is 19.6 Å². The number of benzene rings is 1. The van der Waals surface area contributed by atoms with E-state index in [0.717, 1.165) is 11.4 Å². The van der Waals surface area contributed by atoms with Crippen molar-refractivity contribution in [2.45, 2.75) is 26.9 Å². The SMILES string of the molecule is COc1cccc(NC(=O)[C@H](C)OC(=O)c2nc3nc(C)cc(C)n3n2)c1. The number of amides is 1. The summed E-state index contributed by atoms with van der Waals surface area (Å²) in [6.07, 6.45) is -1.04. The molecule has 0 bridgehead atoms. The normalized spacial score (nSPS) is 11.9. The lowest BCUT2D eigenvalue weighted by atomic mass is 10.3. The molecule has 0 aliphatic heterocycles. The van der Waals surface area contributed by atoms with Crippen molar-refractivity contribution in [1.29, 1.82) is 0 Å². The van der Waals surface area contributed by atoms with E-state index in [1.54, 1.807) is 24.3 Å². The highest BCUT2D eigenvalue weighted by Crippen LogP contribution is 2.17. The van der Waals surface area contributed by atoms with Crippen molar-refractivity contribution in [3.05, 3.63) is 47.5 Å². The van der Waals surface area contributed by atoms with E-state index in [9.17, 15) is 9.59 Å². The van der Waals surface area contributed by atoms with Crippen LogP contribution < -0.4 is 10.1 Å². The Balaban J connectivity index is 1.69. The van der Waals surface area contributed by atoms with Crippen molar-refractivity contribution < 1.29 is 19.1 Å². The van der Waals surface area contributed by atoms with Crippen molar-refractivity contribution in [2.75, 3.05) is 12.4 Å². The van der Waals surface area contributed by atoms with E-state index in [4.69, 9.17) is 9.47 Å². The first-order chi connectivity index (χ1) is 12.9. The molecule has 0 saturated heterocycles. The van der Waals surface area contributed by atoms with Crippen LogP contribution in [-0.4, -0.2) is 44.7 Å². The third-order valence-corrected chi connectivity index (χ3v) is 3.79. The van der Waals surface area contributed by atoms with Crippen LogP contribution in [0.5, 0.6) is 5.75 Å². The summed E-state index contributed by atoms with van der Waals surface area (Å²) in [4.78, 5) is 32.8. The van der Waals surface area contributed by atoms with Crippen molar-refractivity contribution >= 4 is 23.3 Å². The first-order valence-electron chi connectivity index (χ1n) is 8.24. The highest BCUT2D eigenvalue weighted by molar-refractivity contribution is 5.96. The van der Waals surface area contributed by atoms with E-state index < -0.39 is 18.0 Å². The lowest BCUT2D eigenvalue weighted by molar-refractivity contribution is -0.123. The zero-order valence-electron chi connectivity index (χ0n) is 15.4. The number of nitrogens with zero attached hydrogens (tertiary/aromatic N) is 4. The summed E-state index contributed by atoms with van der Waals surface area (Å²) in [5.74, 6) is -0.536. The molecule has 1 aromatic carbocycles. The van der Waals surface area contributed by atoms with Crippen LogP contribution in [-0.2, 0) is 9.53 Å². The van der Waals surface area contributed by atoms with Crippen molar-refractivity contribution in [2.24, 2.45) is 0 Å². The second-order valence-corrected chi connectivity index (χ2v) is 5.95. The number of ether oxygens (including phenoxy) is 2. The standard InChI is InChI=1S/C18H19N5O4/c1-10-8-11(2)23-18(19-10)21-15(22-23)17(25)27-12(3)16(24)20-13-6-5-7-14(9-13)26-4/h5-9,12H,1-4H3,(H,20,24)/t12-/m0/s1. The number of hydrogen-bond donors (Lipinski definition) is 1. The molecule has 2 aromatic heterocycles. The molecule has 1 amide bonds. The van der Waals surface area contributed by atoms with Crippen LogP contribution in [0.1, 0.15) is 28.9 Å². The molecule has 140 valence electrons. The van der Waals surface area contributed by atoms with Gasteiger partial charge >= 0.3 is 5.97 Å². The first kappa shape index (κ1) is 18.3. The van der Waals surface area contributed by atoms with Gasteiger partial charge in [-0.05, 0) is 39.0 Å². The summed E-state index contributed by atoms with van der Waals surface area (Å²) < 4.78 is 11.7. The number of carbonyl (C=O) groups excluding carboxylic acids is 2. The number of hydrogen-bond acceptors (Lipinski definition) is 7. The fourth-order valence-corrected chi connectivity index (χ4v) is 2.46. The molecule has 1 N–H and O–H groups in total. The minimum Gasteiger partial charge on any atom is -0.497 e. The summed E-state index contributed by atoms with van der Waals surface area (Å²) in [6, 6.07) is 8.68. The van der Waals surface area contributed by atoms with Crippen LogP contribution in [0.25, 0.3) is 5.78 Å². The molecule has 0 radical (unpaired) electrons. The molecule has 0 saturated carbocycles. The van der Waals surface area contributed by atoms with Crippen LogP contribution in [0.3, 0.4) is 0 Å². The summed E-state index contributed by atoms with van der Waals surface area (Å²) in [5.41, 5.74) is 2.08. The number of aromatic nitrogens is 4. The average Bonchev–Trinajstić information content (AvgIpc) is 3.06. The minimum absolute atomic E-state index is 0.155. The molecule has 0 aliphatic rings. The number of aryl methyl sites for hydroxylation is 2. The molecular formula is C18H19N5O4. The molecule has 9 nitrogen and oxygen atoms in total. The Bertz CT molecular complexity index is 1010. The minimum atomic E-state index is -1.04. The molecular weight excluding hydrogens is 350 g/mol. The zero-order valence-corrected chi connectivity index (χ0v) is 15.4. The smallest absolute Gasteiger partial charge is 0.379 e. The van der Waals surface area contributed by atoms with Gasteiger partial charge < -0.3 is 14.8 Å². The van der Waals surface area contributed by atoms with Gasteiger partial charge in [-0.3, -0.25) is 4.79 Å². The zero-order chi connectivity index (χ0) is 19.6. The fraction of sp³-hybridized carbons (Fsp3) is 0.278. The van der Waals surface area contributed by atoms with Crippen molar-refractivity contribution in [3.63, 3.8) is 0 Å². The second kappa shape index (κ2) is 7.40. The molecule has 0 spiro atoms. The van der Waals surface area contributed by atoms with Gasteiger partial charge in [0.2, 0.25) is 0 Å². The third-order valence-electron chi connectivity index (χ3n) is 3.79. The number of anilines is 1. The number of methoxy groups -OCH3 is 1. The lowest BCUT2D eigenvalue weighted by Gasteiger charge is -2.12. The summed E-state index contributed by atoms with van der Waals surface area (Å²) in [7, 11) is 1.53. The van der Waals surface area contributed by atoms with Gasteiger partial charge in [-0.15, -0.1) is 5.10 Å². The maximum absolute atomic E-state index is 12.3. The largest absolute Gasteiger partial charge is 0.497 e. The number of rotatable bonds is 5. The Hall–Kier alpha value is -3.49. The fourth-order valence-electron chi connectivity index (χ4n) is 2.46.